The number of nitrogens with zero attached hydrogens (tertiary/aromatic N) is 4. The zero-order valence-electron chi connectivity index (χ0n) is 14.6. The van der Waals surface area contributed by atoms with Gasteiger partial charge in [0.25, 0.3) is 0 Å². The van der Waals surface area contributed by atoms with Crippen molar-refractivity contribution in [3.63, 3.8) is 0 Å². The minimum atomic E-state index is -0.309. The Balaban J connectivity index is 1.71. The van der Waals surface area contributed by atoms with Gasteiger partial charge in [0.2, 0.25) is 5.95 Å². The quantitative estimate of drug-likeness (QED) is 0.603. The highest BCUT2D eigenvalue weighted by Gasteiger charge is 2.29. The molecule has 0 aliphatic carbocycles. The van der Waals surface area contributed by atoms with E-state index in [1.807, 2.05) is 11.8 Å². The summed E-state index contributed by atoms with van der Waals surface area (Å²) in [5.74, 6) is 0.787. The number of piperidine rings is 1. The van der Waals surface area contributed by atoms with Gasteiger partial charge < -0.3 is 14.4 Å². The summed E-state index contributed by atoms with van der Waals surface area (Å²) in [5.41, 5.74) is 0.457. The van der Waals surface area contributed by atoms with Crippen molar-refractivity contribution in [1.82, 2.24) is 9.97 Å². The van der Waals surface area contributed by atoms with Crippen molar-refractivity contribution in [2.45, 2.75) is 19.8 Å². The average molecular weight is 352 g/mol. The maximum atomic E-state index is 12.6. The molecule has 1 aliphatic heterocycles. The first-order valence-corrected chi connectivity index (χ1v) is 8.62. The number of hydrogen-bond acceptors (Lipinski definition) is 7. The monoisotopic (exact) mass is 352 g/mol. The van der Waals surface area contributed by atoms with Gasteiger partial charge in [-0.2, -0.15) is 5.26 Å². The first kappa shape index (κ1) is 17.7. The molecule has 1 atom stereocenters. The van der Waals surface area contributed by atoms with E-state index in [1.54, 1.807) is 36.7 Å². The maximum absolute atomic E-state index is 12.6. The fourth-order valence-corrected chi connectivity index (χ4v) is 2.93. The van der Waals surface area contributed by atoms with Gasteiger partial charge in [0, 0.05) is 31.5 Å². The molecule has 7 heteroatoms. The largest absolute Gasteiger partial charge is 0.490 e. The molecule has 7 nitrogen and oxygen atoms in total. The molecule has 26 heavy (non-hydrogen) atoms. The van der Waals surface area contributed by atoms with Crippen LogP contribution in [0.5, 0.6) is 11.5 Å². The molecule has 1 aromatic carbocycles. The van der Waals surface area contributed by atoms with Crippen molar-refractivity contribution in [2.24, 2.45) is 5.92 Å². The summed E-state index contributed by atoms with van der Waals surface area (Å²) in [5, 5.41) is 9.01. The van der Waals surface area contributed by atoms with E-state index in [1.165, 1.54) is 0 Å². The van der Waals surface area contributed by atoms with Crippen LogP contribution in [-0.2, 0) is 4.79 Å². The highest BCUT2D eigenvalue weighted by Crippen LogP contribution is 2.30. The van der Waals surface area contributed by atoms with Crippen LogP contribution in [0.4, 0.5) is 5.95 Å². The first-order chi connectivity index (χ1) is 12.7. The molecule has 0 radical (unpaired) electrons. The van der Waals surface area contributed by atoms with E-state index in [0.717, 1.165) is 19.4 Å². The Kier molecular flexibility index (Phi) is 5.64. The van der Waals surface area contributed by atoms with Crippen LogP contribution in [0.25, 0.3) is 0 Å². The first-order valence-electron chi connectivity index (χ1n) is 8.62. The standard InChI is InChI=1S/C19H20N4O3/c1-2-25-17-11-14(12-20)6-7-16(17)26-18(24)15-5-3-10-23(13-15)19-21-8-4-9-22-19/h4,6-9,11,15H,2-3,5,10,13H2,1H3. The molecule has 0 N–H and O–H groups in total. The SMILES string of the molecule is CCOc1cc(C#N)ccc1OC(=O)C1CCCN(c2ncccn2)C1. The minimum Gasteiger partial charge on any atom is -0.490 e. The second-order valence-corrected chi connectivity index (χ2v) is 5.96. The van der Waals surface area contributed by atoms with Gasteiger partial charge in [-0.05, 0) is 38.0 Å². The lowest BCUT2D eigenvalue weighted by Crippen LogP contribution is -2.41. The topological polar surface area (TPSA) is 88.3 Å². The van der Waals surface area contributed by atoms with Gasteiger partial charge in [-0.25, -0.2) is 9.97 Å². The average Bonchev–Trinajstić information content (AvgIpc) is 2.70. The maximum Gasteiger partial charge on any atom is 0.316 e. The molecular weight excluding hydrogens is 332 g/mol. The van der Waals surface area contributed by atoms with Crippen molar-refractivity contribution in [1.29, 1.82) is 5.26 Å². The summed E-state index contributed by atoms with van der Waals surface area (Å²) < 4.78 is 11.1. The van der Waals surface area contributed by atoms with Crippen LogP contribution in [0.1, 0.15) is 25.3 Å². The number of nitriles is 1. The Morgan fingerprint density at radius 1 is 1.35 bits per heavy atom. The summed E-state index contributed by atoms with van der Waals surface area (Å²) in [6.07, 6.45) is 5.00. The van der Waals surface area contributed by atoms with Crippen LogP contribution in [0.2, 0.25) is 0 Å². The Morgan fingerprint density at radius 3 is 2.88 bits per heavy atom. The molecule has 0 amide bonds. The number of rotatable bonds is 5. The van der Waals surface area contributed by atoms with Crippen LogP contribution >= 0.6 is 0 Å². The van der Waals surface area contributed by atoms with E-state index in [4.69, 9.17) is 14.7 Å². The van der Waals surface area contributed by atoms with Gasteiger partial charge in [-0.15, -0.1) is 0 Å². The van der Waals surface area contributed by atoms with E-state index in [-0.39, 0.29) is 11.9 Å². The molecule has 1 fully saturated rings. The number of aromatic nitrogens is 2. The highest BCUT2D eigenvalue weighted by molar-refractivity contribution is 5.77. The Morgan fingerprint density at radius 2 is 2.15 bits per heavy atom. The zero-order valence-corrected chi connectivity index (χ0v) is 14.6. The van der Waals surface area contributed by atoms with Crippen LogP contribution in [0.15, 0.2) is 36.7 Å². The van der Waals surface area contributed by atoms with E-state index in [0.29, 0.717) is 36.2 Å². The number of carbonyl (C=O) groups excluding carboxylic acids is 1. The van der Waals surface area contributed by atoms with Crippen molar-refractivity contribution >= 4 is 11.9 Å². The second kappa shape index (κ2) is 8.30. The number of anilines is 1. The number of benzene rings is 1. The van der Waals surface area contributed by atoms with Crippen LogP contribution in [0, 0.1) is 17.2 Å². The molecule has 0 spiro atoms. The van der Waals surface area contributed by atoms with E-state index < -0.39 is 0 Å². The van der Waals surface area contributed by atoms with Gasteiger partial charge in [0.05, 0.1) is 24.2 Å². The van der Waals surface area contributed by atoms with Crippen LogP contribution in [-0.4, -0.2) is 35.6 Å². The minimum absolute atomic E-state index is 0.266. The third-order valence-electron chi connectivity index (χ3n) is 4.17. The third-order valence-corrected chi connectivity index (χ3v) is 4.17. The number of ether oxygens (including phenoxy) is 2. The summed E-state index contributed by atoms with van der Waals surface area (Å²) in [4.78, 5) is 23.1. The fourth-order valence-electron chi connectivity index (χ4n) is 2.93. The summed E-state index contributed by atoms with van der Waals surface area (Å²) in [6, 6.07) is 8.60. The summed E-state index contributed by atoms with van der Waals surface area (Å²) in [6.45, 7) is 3.59. The molecule has 1 saturated heterocycles. The molecule has 0 saturated carbocycles. The van der Waals surface area contributed by atoms with Gasteiger partial charge in [-0.3, -0.25) is 4.79 Å². The second-order valence-electron chi connectivity index (χ2n) is 5.96. The number of hydrogen-bond donors (Lipinski definition) is 0. The van der Waals surface area contributed by atoms with E-state index in [9.17, 15) is 4.79 Å². The molecule has 2 aromatic rings. The van der Waals surface area contributed by atoms with Gasteiger partial charge in [0.15, 0.2) is 11.5 Å². The lowest BCUT2D eigenvalue weighted by atomic mass is 9.98. The molecule has 1 unspecified atom stereocenters. The number of esters is 1. The zero-order chi connectivity index (χ0) is 18.4. The molecule has 3 rings (SSSR count). The van der Waals surface area contributed by atoms with Crippen molar-refractivity contribution in [2.75, 3.05) is 24.6 Å². The van der Waals surface area contributed by atoms with Gasteiger partial charge >= 0.3 is 5.97 Å². The van der Waals surface area contributed by atoms with Crippen molar-refractivity contribution < 1.29 is 14.3 Å². The Hall–Kier alpha value is -3.14. The molecule has 2 heterocycles. The molecular formula is C19H20N4O3. The van der Waals surface area contributed by atoms with E-state index in [2.05, 4.69) is 16.0 Å². The lowest BCUT2D eigenvalue weighted by molar-refractivity contribution is -0.139. The van der Waals surface area contributed by atoms with E-state index >= 15 is 0 Å². The smallest absolute Gasteiger partial charge is 0.316 e. The Bertz CT molecular complexity index is 804. The normalized spacial score (nSPS) is 16.6. The van der Waals surface area contributed by atoms with Gasteiger partial charge in [-0.1, -0.05) is 0 Å². The summed E-state index contributed by atoms with van der Waals surface area (Å²) >= 11 is 0. The number of carbonyl (C=O) groups is 1. The van der Waals surface area contributed by atoms with Crippen molar-refractivity contribution in [3.8, 4) is 17.6 Å². The molecule has 134 valence electrons. The van der Waals surface area contributed by atoms with Crippen LogP contribution < -0.4 is 14.4 Å². The predicted octanol–water partition coefficient (Wildman–Crippen LogP) is 2.57. The predicted molar refractivity (Wildman–Crippen MR) is 94.9 cm³/mol. The molecule has 0 bridgehead atoms. The highest BCUT2D eigenvalue weighted by atomic mass is 16.6. The lowest BCUT2D eigenvalue weighted by Gasteiger charge is -2.31. The van der Waals surface area contributed by atoms with Crippen LogP contribution in [0.3, 0.4) is 0 Å². The molecule has 1 aromatic heterocycles. The molecule has 1 aliphatic rings. The fraction of sp³-hybridized carbons (Fsp3) is 0.368. The third kappa shape index (κ3) is 4.09. The summed E-state index contributed by atoms with van der Waals surface area (Å²) in [7, 11) is 0. The van der Waals surface area contributed by atoms with Gasteiger partial charge in [0.1, 0.15) is 0 Å². The Labute approximate surface area is 152 Å². The van der Waals surface area contributed by atoms with Crippen molar-refractivity contribution in [3.05, 3.63) is 42.2 Å².